The van der Waals surface area contributed by atoms with Crippen molar-refractivity contribution < 1.29 is 8.42 Å². The maximum atomic E-state index is 11.8. The first kappa shape index (κ1) is 12.5. The van der Waals surface area contributed by atoms with Gasteiger partial charge in [-0.3, -0.25) is 5.10 Å². The molecule has 0 fully saturated rings. The molecule has 0 atom stereocenters. The molecule has 0 aliphatic rings. The van der Waals surface area contributed by atoms with Crippen LogP contribution in [-0.4, -0.2) is 37.2 Å². The van der Waals surface area contributed by atoms with Crippen LogP contribution in [0.4, 0.5) is 0 Å². The average molecular weight is 249 g/mol. The number of thioether (sulfide) groups is 1. The highest BCUT2D eigenvalue weighted by molar-refractivity contribution is 7.98. The first-order valence-electron chi connectivity index (χ1n) is 4.49. The van der Waals surface area contributed by atoms with E-state index in [1.807, 2.05) is 6.26 Å². The third-order valence-corrected chi connectivity index (χ3v) is 4.26. The van der Waals surface area contributed by atoms with Crippen LogP contribution >= 0.6 is 11.8 Å². The molecule has 2 N–H and O–H groups in total. The number of hydrogen-bond acceptors (Lipinski definition) is 4. The normalized spacial score (nSPS) is 11.9. The van der Waals surface area contributed by atoms with Gasteiger partial charge in [0.1, 0.15) is 4.90 Å². The summed E-state index contributed by atoms with van der Waals surface area (Å²) < 4.78 is 26.2. The van der Waals surface area contributed by atoms with Crippen molar-refractivity contribution in [1.82, 2.24) is 14.9 Å². The van der Waals surface area contributed by atoms with Crippen LogP contribution in [0.5, 0.6) is 0 Å². The molecule has 1 heterocycles. The molecule has 0 spiro atoms. The number of rotatable bonds is 5. The zero-order valence-electron chi connectivity index (χ0n) is 8.99. The quantitative estimate of drug-likeness (QED) is 0.752. The Kier molecular flexibility index (Phi) is 4.18. The van der Waals surface area contributed by atoms with E-state index in [0.717, 1.165) is 5.75 Å². The second-order valence-electron chi connectivity index (χ2n) is 3.15. The molecule has 0 radical (unpaired) electrons. The molecule has 0 bridgehead atoms. The Morgan fingerprint density at radius 2 is 2.13 bits per heavy atom. The molecule has 0 saturated heterocycles. The monoisotopic (exact) mass is 249 g/mol. The van der Waals surface area contributed by atoms with Gasteiger partial charge in [0, 0.05) is 12.3 Å². The van der Waals surface area contributed by atoms with Gasteiger partial charge in [0.25, 0.3) is 0 Å². The molecule has 0 amide bonds. The Morgan fingerprint density at radius 1 is 1.47 bits per heavy atom. The second kappa shape index (κ2) is 5.00. The molecular formula is C8H15N3O2S2. The summed E-state index contributed by atoms with van der Waals surface area (Å²) >= 11 is 1.60. The SMILES string of the molecule is CSCCNS(=O)(=O)c1c(C)n[nH]c1C. The summed E-state index contributed by atoms with van der Waals surface area (Å²) in [6, 6.07) is 0. The summed E-state index contributed by atoms with van der Waals surface area (Å²) in [6.07, 6.45) is 1.93. The van der Waals surface area contributed by atoms with E-state index in [0.29, 0.717) is 17.9 Å². The van der Waals surface area contributed by atoms with Crippen molar-refractivity contribution in [1.29, 1.82) is 0 Å². The predicted molar refractivity (Wildman–Crippen MR) is 61.6 cm³/mol. The predicted octanol–water partition coefficient (Wildman–Crippen LogP) is 0.668. The van der Waals surface area contributed by atoms with Crippen LogP contribution < -0.4 is 4.72 Å². The van der Waals surface area contributed by atoms with Crippen molar-refractivity contribution in [2.75, 3.05) is 18.6 Å². The number of H-pyrrole nitrogens is 1. The lowest BCUT2D eigenvalue weighted by Gasteiger charge is -2.05. The largest absolute Gasteiger partial charge is 0.281 e. The van der Waals surface area contributed by atoms with Gasteiger partial charge in [0.2, 0.25) is 10.0 Å². The number of aryl methyl sites for hydroxylation is 2. The van der Waals surface area contributed by atoms with Crippen LogP contribution in [0, 0.1) is 13.8 Å². The second-order valence-corrected chi connectivity index (χ2v) is 5.84. The van der Waals surface area contributed by atoms with Crippen molar-refractivity contribution in [3.8, 4) is 0 Å². The van der Waals surface area contributed by atoms with Gasteiger partial charge < -0.3 is 0 Å². The lowest BCUT2D eigenvalue weighted by Crippen LogP contribution is -2.26. The molecule has 1 rings (SSSR count). The summed E-state index contributed by atoms with van der Waals surface area (Å²) in [4.78, 5) is 0.267. The van der Waals surface area contributed by atoms with Crippen LogP contribution in [0.3, 0.4) is 0 Å². The zero-order chi connectivity index (χ0) is 11.5. The smallest absolute Gasteiger partial charge is 0.244 e. The molecule has 0 saturated carbocycles. The number of sulfonamides is 1. The minimum Gasteiger partial charge on any atom is -0.281 e. The van der Waals surface area contributed by atoms with Crippen molar-refractivity contribution in [2.45, 2.75) is 18.7 Å². The highest BCUT2D eigenvalue weighted by atomic mass is 32.2. The van der Waals surface area contributed by atoms with Crippen LogP contribution in [0.15, 0.2) is 4.90 Å². The van der Waals surface area contributed by atoms with E-state index in [2.05, 4.69) is 14.9 Å². The first-order valence-corrected chi connectivity index (χ1v) is 7.37. The Labute approximate surface area is 94.1 Å². The number of aromatic nitrogens is 2. The molecule has 1 aromatic heterocycles. The fourth-order valence-electron chi connectivity index (χ4n) is 1.29. The topological polar surface area (TPSA) is 74.8 Å². The highest BCUT2D eigenvalue weighted by Crippen LogP contribution is 2.15. The van der Waals surface area contributed by atoms with Gasteiger partial charge >= 0.3 is 0 Å². The molecule has 0 unspecified atom stereocenters. The van der Waals surface area contributed by atoms with E-state index in [1.165, 1.54) is 0 Å². The standard InChI is InChI=1S/C8H15N3O2S2/c1-6-8(7(2)11-10-6)15(12,13)9-4-5-14-3/h9H,4-5H2,1-3H3,(H,10,11). The van der Waals surface area contributed by atoms with Gasteiger partial charge in [-0.15, -0.1) is 0 Å². The lowest BCUT2D eigenvalue weighted by atomic mass is 10.4. The van der Waals surface area contributed by atoms with Gasteiger partial charge in [-0.1, -0.05) is 0 Å². The lowest BCUT2D eigenvalue weighted by molar-refractivity contribution is 0.583. The molecule has 1 aromatic rings. The van der Waals surface area contributed by atoms with Crippen molar-refractivity contribution in [3.63, 3.8) is 0 Å². The highest BCUT2D eigenvalue weighted by Gasteiger charge is 2.21. The Hall–Kier alpha value is -0.530. The Balaban J connectivity index is 2.87. The van der Waals surface area contributed by atoms with Gasteiger partial charge in [0.05, 0.1) is 11.4 Å². The van der Waals surface area contributed by atoms with Crippen LogP contribution in [0.2, 0.25) is 0 Å². The number of hydrogen-bond donors (Lipinski definition) is 2. The number of aromatic amines is 1. The molecule has 15 heavy (non-hydrogen) atoms. The van der Waals surface area contributed by atoms with Crippen molar-refractivity contribution >= 4 is 21.8 Å². The van der Waals surface area contributed by atoms with E-state index in [-0.39, 0.29) is 4.90 Å². The fraction of sp³-hybridized carbons (Fsp3) is 0.625. The van der Waals surface area contributed by atoms with E-state index in [4.69, 9.17) is 0 Å². The van der Waals surface area contributed by atoms with E-state index in [1.54, 1.807) is 25.6 Å². The molecule has 0 aromatic carbocycles. The third kappa shape index (κ3) is 2.96. The Bertz CT molecular complexity index is 406. The van der Waals surface area contributed by atoms with Gasteiger partial charge in [0.15, 0.2) is 0 Å². The van der Waals surface area contributed by atoms with Gasteiger partial charge in [-0.2, -0.15) is 16.9 Å². The maximum absolute atomic E-state index is 11.8. The fourth-order valence-corrected chi connectivity index (χ4v) is 3.12. The van der Waals surface area contributed by atoms with Gasteiger partial charge in [-0.05, 0) is 20.1 Å². The number of nitrogens with one attached hydrogen (secondary N) is 2. The summed E-state index contributed by atoms with van der Waals surface area (Å²) in [7, 11) is -3.41. The summed E-state index contributed by atoms with van der Waals surface area (Å²) in [5.74, 6) is 0.759. The molecule has 0 aliphatic heterocycles. The molecule has 5 nitrogen and oxygen atoms in total. The minimum atomic E-state index is -3.41. The van der Waals surface area contributed by atoms with Crippen LogP contribution in [0.1, 0.15) is 11.4 Å². The summed E-state index contributed by atoms with van der Waals surface area (Å²) in [5, 5.41) is 6.52. The van der Waals surface area contributed by atoms with Crippen molar-refractivity contribution in [2.24, 2.45) is 0 Å². The minimum absolute atomic E-state index is 0.267. The maximum Gasteiger partial charge on any atom is 0.244 e. The van der Waals surface area contributed by atoms with Crippen LogP contribution in [0.25, 0.3) is 0 Å². The molecule has 7 heteroatoms. The molecule has 86 valence electrons. The van der Waals surface area contributed by atoms with E-state index >= 15 is 0 Å². The summed E-state index contributed by atoms with van der Waals surface area (Å²) in [5.41, 5.74) is 1.08. The third-order valence-electron chi connectivity index (χ3n) is 1.93. The van der Waals surface area contributed by atoms with Crippen molar-refractivity contribution in [3.05, 3.63) is 11.4 Å². The van der Waals surface area contributed by atoms with Gasteiger partial charge in [-0.25, -0.2) is 13.1 Å². The number of nitrogens with zero attached hydrogens (tertiary/aromatic N) is 1. The van der Waals surface area contributed by atoms with Crippen LogP contribution in [-0.2, 0) is 10.0 Å². The average Bonchev–Trinajstić information content (AvgIpc) is 2.46. The molecule has 0 aliphatic carbocycles. The summed E-state index contributed by atoms with van der Waals surface area (Å²) in [6.45, 7) is 3.81. The Morgan fingerprint density at radius 3 is 2.60 bits per heavy atom. The molecular weight excluding hydrogens is 234 g/mol. The zero-order valence-corrected chi connectivity index (χ0v) is 10.6. The first-order chi connectivity index (χ1) is 6.99. The van der Waals surface area contributed by atoms with E-state index < -0.39 is 10.0 Å². The van der Waals surface area contributed by atoms with E-state index in [9.17, 15) is 8.42 Å².